The molecule has 1 atom stereocenters. The van der Waals surface area contributed by atoms with Crippen LogP contribution < -0.4 is 5.32 Å². The molecule has 1 fully saturated rings. The van der Waals surface area contributed by atoms with E-state index in [1.165, 1.54) is 40.3 Å². The van der Waals surface area contributed by atoms with Gasteiger partial charge >= 0.3 is 5.97 Å². The quantitative estimate of drug-likeness (QED) is 0.443. The van der Waals surface area contributed by atoms with Crippen molar-refractivity contribution < 1.29 is 9.53 Å². The fraction of sp³-hybridized carbons (Fsp3) is 0.520. The normalized spacial score (nSPS) is 17.4. The predicted octanol–water partition coefficient (Wildman–Crippen LogP) is 5.87. The lowest BCUT2D eigenvalue weighted by Crippen LogP contribution is -2.33. The Morgan fingerprint density at radius 2 is 2.13 bits per heavy atom. The number of rotatable bonds is 8. The smallest absolute Gasteiger partial charge is 0.308 e. The molecule has 0 radical (unpaired) electrons. The van der Waals surface area contributed by atoms with Crippen LogP contribution in [0.4, 0.5) is 11.5 Å². The highest BCUT2D eigenvalue weighted by molar-refractivity contribution is 7.99. The zero-order valence-electron chi connectivity index (χ0n) is 18.6. The SMILES string of the molecule is CCOC(=O)C(C)CCCC1CCN(Cc2ccc3c(c2)Nc2ncccc2S3)CC1. The van der Waals surface area contributed by atoms with Gasteiger partial charge in [-0.25, -0.2) is 4.98 Å². The molecule has 31 heavy (non-hydrogen) atoms. The van der Waals surface area contributed by atoms with E-state index in [0.29, 0.717) is 6.61 Å². The molecule has 2 aromatic rings. The number of aromatic nitrogens is 1. The van der Waals surface area contributed by atoms with Gasteiger partial charge in [-0.3, -0.25) is 9.69 Å². The maximum Gasteiger partial charge on any atom is 0.308 e. The molecule has 4 rings (SSSR count). The molecule has 2 aliphatic heterocycles. The van der Waals surface area contributed by atoms with E-state index in [4.69, 9.17) is 4.74 Å². The lowest BCUT2D eigenvalue weighted by Gasteiger charge is -2.32. The van der Waals surface area contributed by atoms with Crippen LogP contribution in [0.1, 0.15) is 51.5 Å². The Morgan fingerprint density at radius 3 is 2.94 bits per heavy atom. The average molecular weight is 440 g/mol. The first-order valence-electron chi connectivity index (χ1n) is 11.5. The van der Waals surface area contributed by atoms with Crippen LogP contribution in [-0.4, -0.2) is 35.5 Å². The fourth-order valence-electron chi connectivity index (χ4n) is 4.48. The molecule has 1 saturated heterocycles. The highest BCUT2D eigenvalue weighted by atomic mass is 32.2. The van der Waals surface area contributed by atoms with Crippen LogP contribution in [-0.2, 0) is 16.1 Å². The first-order valence-corrected chi connectivity index (χ1v) is 12.4. The summed E-state index contributed by atoms with van der Waals surface area (Å²) in [6, 6.07) is 10.9. The Bertz CT molecular complexity index is 896. The number of esters is 1. The number of nitrogens with zero attached hydrogens (tertiary/aromatic N) is 2. The number of carbonyl (C=O) groups is 1. The van der Waals surface area contributed by atoms with Crippen molar-refractivity contribution in [3.8, 4) is 0 Å². The van der Waals surface area contributed by atoms with Gasteiger partial charge in [-0.1, -0.05) is 37.6 Å². The standard InChI is InChI=1S/C25H33N3O2S/c1-3-30-25(29)18(2)6-4-7-19-11-14-28(15-12-19)17-20-9-10-22-21(16-20)27-24-23(31-22)8-5-13-26-24/h5,8-10,13,16,18-19H,3-4,6-7,11-12,14-15,17H2,1-2H3,(H,26,27). The van der Waals surface area contributed by atoms with Crippen LogP contribution in [0, 0.1) is 11.8 Å². The number of hydrogen-bond donors (Lipinski definition) is 1. The summed E-state index contributed by atoms with van der Waals surface area (Å²) in [6.07, 6.45) is 7.63. The number of hydrogen-bond acceptors (Lipinski definition) is 6. The van der Waals surface area contributed by atoms with Gasteiger partial charge in [0, 0.05) is 17.6 Å². The molecule has 1 aromatic heterocycles. The molecule has 0 aliphatic carbocycles. The minimum absolute atomic E-state index is 0.0259. The van der Waals surface area contributed by atoms with Crippen LogP contribution in [0.3, 0.4) is 0 Å². The minimum Gasteiger partial charge on any atom is -0.466 e. The van der Waals surface area contributed by atoms with Crippen molar-refractivity contribution in [1.82, 2.24) is 9.88 Å². The monoisotopic (exact) mass is 439 g/mol. The number of nitrogens with one attached hydrogen (secondary N) is 1. The number of fused-ring (bicyclic) bond motifs is 2. The molecule has 6 heteroatoms. The molecule has 0 amide bonds. The molecule has 0 bridgehead atoms. The number of pyridine rings is 1. The second kappa shape index (κ2) is 10.5. The van der Waals surface area contributed by atoms with Crippen molar-refractivity contribution in [2.75, 3.05) is 25.0 Å². The highest BCUT2D eigenvalue weighted by Crippen LogP contribution is 2.43. The van der Waals surface area contributed by atoms with Crippen molar-refractivity contribution in [2.24, 2.45) is 11.8 Å². The molecular weight excluding hydrogens is 406 g/mol. The van der Waals surface area contributed by atoms with Crippen LogP contribution in [0.15, 0.2) is 46.3 Å². The summed E-state index contributed by atoms with van der Waals surface area (Å²) in [5.74, 6) is 1.72. The van der Waals surface area contributed by atoms with Gasteiger partial charge in [0.05, 0.1) is 23.1 Å². The molecule has 166 valence electrons. The van der Waals surface area contributed by atoms with Crippen LogP contribution in [0.25, 0.3) is 0 Å². The third-order valence-electron chi connectivity index (χ3n) is 6.34. The van der Waals surface area contributed by atoms with Crippen molar-refractivity contribution >= 4 is 29.2 Å². The molecule has 1 N–H and O–H groups in total. The zero-order chi connectivity index (χ0) is 21.6. The van der Waals surface area contributed by atoms with Gasteiger partial charge in [0.2, 0.25) is 0 Å². The number of benzene rings is 1. The number of piperidine rings is 1. The van der Waals surface area contributed by atoms with E-state index < -0.39 is 0 Å². The van der Waals surface area contributed by atoms with E-state index >= 15 is 0 Å². The van der Waals surface area contributed by atoms with E-state index in [0.717, 1.165) is 44.2 Å². The van der Waals surface area contributed by atoms with Gasteiger partial charge < -0.3 is 10.1 Å². The minimum atomic E-state index is -0.0467. The lowest BCUT2D eigenvalue weighted by atomic mass is 9.90. The Kier molecular flexibility index (Phi) is 7.51. The van der Waals surface area contributed by atoms with Gasteiger partial charge in [-0.05, 0) is 75.0 Å². The summed E-state index contributed by atoms with van der Waals surface area (Å²) in [4.78, 5) is 21.2. The van der Waals surface area contributed by atoms with Crippen LogP contribution in [0.2, 0.25) is 0 Å². The third-order valence-corrected chi connectivity index (χ3v) is 7.46. The second-order valence-corrected chi connectivity index (χ2v) is 9.80. The second-order valence-electron chi connectivity index (χ2n) is 8.71. The Hall–Kier alpha value is -2.05. The number of anilines is 2. The molecule has 0 saturated carbocycles. The van der Waals surface area contributed by atoms with Gasteiger partial charge in [-0.15, -0.1) is 0 Å². The van der Waals surface area contributed by atoms with E-state index in [1.54, 1.807) is 11.8 Å². The summed E-state index contributed by atoms with van der Waals surface area (Å²) in [7, 11) is 0. The van der Waals surface area contributed by atoms with Gasteiger partial charge in [0.1, 0.15) is 5.82 Å². The maximum atomic E-state index is 11.8. The van der Waals surface area contributed by atoms with E-state index in [-0.39, 0.29) is 11.9 Å². The Morgan fingerprint density at radius 1 is 1.29 bits per heavy atom. The summed E-state index contributed by atoms with van der Waals surface area (Å²) >= 11 is 1.78. The van der Waals surface area contributed by atoms with Crippen molar-refractivity contribution in [3.63, 3.8) is 0 Å². The molecule has 1 aromatic carbocycles. The van der Waals surface area contributed by atoms with Crippen LogP contribution in [0.5, 0.6) is 0 Å². The van der Waals surface area contributed by atoms with Crippen molar-refractivity contribution in [1.29, 1.82) is 0 Å². The predicted molar refractivity (Wildman–Crippen MR) is 126 cm³/mol. The largest absolute Gasteiger partial charge is 0.466 e. The molecule has 0 spiro atoms. The molecule has 3 heterocycles. The summed E-state index contributed by atoms with van der Waals surface area (Å²) in [6.45, 7) is 7.64. The fourth-order valence-corrected chi connectivity index (χ4v) is 5.42. The molecule has 1 unspecified atom stereocenters. The average Bonchev–Trinajstić information content (AvgIpc) is 2.79. The molecule has 2 aliphatic rings. The van der Waals surface area contributed by atoms with Gasteiger partial charge in [-0.2, -0.15) is 0 Å². The molecule has 5 nitrogen and oxygen atoms in total. The highest BCUT2D eigenvalue weighted by Gasteiger charge is 2.21. The number of ether oxygens (including phenoxy) is 1. The van der Waals surface area contributed by atoms with E-state index in [1.807, 2.05) is 26.1 Å². The van der Waals surface area contributed by atoms with Gasteiger partial charge in [0.25, 0.3) is 0 Å². The molecular formula is C25H33N3O2S. The zero-order valence-corrected chi connectivity index (χ0v) is 19.4. The lowest BCUT2D eigenvalue weighted by molar-refractivity contribution is -0.147. The van der Waals surface area contributed by atoms with E-state index in [9.17, 15) is 4.79 Å². The van der Waals surface area contributed by atoms with Crippen molar-refractivity contribution in [2.45, 2.75) is 62.3 Å². The third kappa shape index (κ3) is 5.80. The summed E-state index contributed by atoms with van der Waals surface area (Å²) in [5, 5.41) is 3.49. The first kappa shape index (κ1) is 22.2. The summed E-state index contributed by atoms with van der Waals surface area (Å²) < 4.78 is 5.11. The van der Waals surface area contributed by atoms with Crippen molar-refractivity contribution in [3.05, 3.63) is 42.1 Å². The van der Waals surface area contributed by atoms with Gasteiger partial charge in [0.15, 0.2) is 0 Å². The number of carbonyl (C=O) groups excluding carboxylic acids is 1. The Balaban J connectivity index is 1.22. The van der Waals surface area contributed by atoms with Crippen LogP contribution >= 0.6 is 11.8 Å². The number of likely N-dealkylation sites (tertiary alicyclic amines) is 1. The first-order chi connectivity index (χ1) is 15.1. The Labute approximate surface area is 190 Å². The maximum absolute atomic E-state index is 11.8. The topological polar surface area (TPSA) is 54.5 Å². The van der Waals surface area contributed by atoms with E-state index in [2.05, 4.69) is 39.5 Å². The summed E-state index contributed by atoms with van der Waals surface area (Å²) in [5.41, 5.74) is 2.52.